The predicted molar refractivity (Wildman–Crippen MR) is 76.3 cm³/mol. The average Bonchev–Trinajstić information content (AvgIpc) is 2.32. The molecule has 0 radical (unpaired) electrons. The number of thioether (sulfide) groups is 1. The minimum absolute atomic E-state index is 0.0130. The topological polar surface area (TPSA) is 50.4 Å². The summed E-state index contributed by atoms with van der Waals surface area (Å²) in [4.78, 5) is 12.8. The van der Waals surface area contributed by atoms with E-state index in [2.05, 4.69) is 17.6 Å². The molecule has 2 N–H and O–H groups in total. The lowest BCUT2D eigenvalue weighted by Gasteiger charge is -2.15. The summed E-state index contributed by atoms with van der Waals surface area (Å²) in [5.41, 5.74) is 0.839. The van der Waals surface area contributed by atoms with E-state index >= 15 is 0 Å². The summed E-state index contributed by atoms with van der Waals surface area (Å²) in [5, 5.41) is 5.67. The Hall–Kier alpha value is -1.20. The Morgan fingerprint density at radius 1 is 1.44 bits per heavy atom. The molecule has 0 saturated carbocycles. The smallest absolute Gasteiger partial charge is 0.319 e. The second kappa shape index (κ2) is 8.00. The molecule has 100 valence electrons. The third-order valence-electron chi connectivity index (χ3n) is 2.23. The third kappa shape index (κ3) is 4.98. The zero-order valence-corrected chi connectivity index (χ0v) is 11.8. The highest BCUT2D eigenvalue weighted by Crippen LogP contribution is 2.26. The highest BCUT2D eigenvalue weighted by atomic mass is 32.2. The van der Waals surface area contributed by atoms with Crippen molar-refractivity contribution in [2.24, 2.45) is 0 Å². The molecular weight excluding hydrogens is 248 g/mol. The normalized spacial score (nSPS) is 11.9. The van der Waals surface area contributed by atoms with Gasteiger partial charge in [-0.05, 0) is 24.8 Å². The van der Waals surface area contributed by atoms with Gasteiger partial charge in [0.1, 0.15) is 0 Å². The number of rotatable bonds is 6. The number of carbonyl (C=O) groups excluding carboxylic acids is 1. The Kier molecular flexibility index (Phi) is 6.60. The number of amides is 2. The van der Waals surface area contributed by atoms with Crippen LogP contribution in [0.15, 0.2) is 29.2 Å². The van der Waals surface area contributed by atoms with Crippen LogP contribution < -0.4 is 10.6 Å². The van der Waals surface area contributed by atoms with Crippen molar-refractivity contribution in [3.63, 3.8) is 0 Å². The summed E-state index contributed by atoms with van der Waals surface area (Å²) in [5.74, 6) is 0.973. The van der Waals surface area contributed by atoms with Gasteiger partial charge in [0, 0.05) is 12.0 Å². The highest BCUT2D eigenvalue weighted by molar-refractivity contribution is 7.99. The molecule has 0 bridgehead atoms. The number of carbonyl (C=O) groups is 1. The van der Waals surface area contributed by atoms with Crippen LogP contribution in [-0.2, 0) is 4.74 Å². The maximum absolute atomic E-state index is 11.8. The molecule has 18 heavy (non-hydrogen) atoms. The van der Waals surface area contributed by atoms with E-state index in [9.17, 15) is 4.79 Å². The first-order chi connectivity index (χ1) is 8.67. The molecule has 1 aromatic carbocycles. The van der Waals surface area contributed by atoms with Crippen LogP contribution in [0, 0.1) is 0 Å². The SMILES string of the molecule is CCSc1ccccc1NC(=O)NC(C)COC. The van der Waals surface area contributed by atoms with Gasteiger partial charge >= 0.3 is 6.03 Å². The van der Waals surface area contributed by atoms with Crippen LogP contribution in [-0.4, -0.2) is 31.5 Å². The van der Waals surface area contributed by atoms with Crippen LogP contribution >= 0.6 is 11.8 Å². The zero-order valence-electron chi connectivity index (χ0n) is 11.0. The van der Waals surface area contributed by atoms with Crippen molar-refractivity contribution >= 4 is 23.5 Å². The number of hydrogen-bond acceptors (Lipinski definition) is 3. The number of anilines is 1. The fourth-order valence-electron chi connectivity index (χ4n) is 1.53. The van der Waals surface area contributed by atoms with Crippen molar-refractivity contribution in [1.82, 2.24) is 5.32 Å². The van der Waals surface area contributed by atoms with E-state index in [0.717, 1.165) is 16.3 Å². The summed E-state index contributed by atoms with van der Waals surface area (Å²) in [6.07, 6.45) is 0. The number of ether oxygens (including phenoxy) is 1. The number of methoxy groups -OCH3 is 1. The fourth-order valence-corrected chi connectivity index (χ4v) is 2.29. The van der Waals surface area contributed by atoms with Gasteiger partial charge in [-0.25, -0.2) is 4.79 Å². The molecule has 1 rings (SSSR count). The van der Waals surface area contributed by atoms with Crippen molar-refractivity contribution in [1.29, 1.82) is 0 Å². The number of urea groups is 1. The molecule has 1 aromatic rings. The van der Waals surface area contributed by atoms with Gasteiger partial charge in [-0.1, -0.05) is 19.1 Å². The molecule has 0 aliphatic heterocycles. The summed E-state index contributed by atoms with van der Waals surface area (Å²) >= 11 is 1.71. The summed E-state index contributed by atoms with van der Waals surface area (Å²) in [7, 11) is 1.61. The zero-order chi connectivity index (χ0) is 13.4. The van der Waals surface area contributed by atoms with E-state index in [1.165, 1.54) is 0 Å². The van der Waals surface area contributed by atoms with Crippen molar-refractivity contribution < 1.29 is 9.53 Å². The summed E-state index contributed by atoms with van der Waals surface area (Å²) in [6, 6.07) is 7.56. The van der Waals surface area contributed by atoms with Crippen molar-refractivity contribution in [2.75, 3.05) is 24.8 Å². The van der Waals surface area contributed by atoms with Gasteiger partial charge in [-0.2, -0.15) is 0 Å². The Balaban J connectivity index is 2.58. The monoisotopic (exact) mass is 268 g/mol. The molecule has 2 amide bonds. The summed E-state index contributed by atoms with van der Waals surface area (Å²) in [6.45, 7) is 4.48. The Morgan fingerprint density at radius 2 is 2.17 bits per heavy atom. The molecule has 0 fully saturated rings. The maximum atomic E-state index is 11.8. The molecule has 0 aliphatic rings. The molecular formula is C13H20N2O2S. The van der Waals surface area contributed by atoms with Crippen LogP contribution in [0.25, 0.3) is 0 Å². The van der Waals surface area contributed by atoms with Gasteiger partial charge in [0.2, 0.25) is 0 Å². The number of nitrogens with one attached hydrogen (secondary N) is 2. The lowest BCUT2D eigenvalue weighted by molar-refractivity contribution is 0.173. The molecule has 5 heteroatoms. The number of hydrogen-bond donors (Lipinski definition) is 2. The minimum atomic E-state index is -0.205. The van der Waals surface area contributed by atoms with Gasteiger partial charge in [0.15, 0.2) is 0 Å². The Morgan fingerprint density at radius 3 is 2.83 bits per heavy atom. The van der Waals surface area contributed by atoms with E-state index in [1.807, 2.05) is 31.2 Å². The predicted octanol–water partition coefficient (Wildman–Crippen LogP) is 2.96. The van der Waals surface area contributed by atoms with E-state index < -0.39 is 0 Å². The quantitative estimate of drug-likeness (QED) is 0.780. The molecule has 0 spiro atoms. The first-order valence-corrected chi connectivity index (χ1v) is 6.94. The van der Waals surface area contributed by atoms with Gasteiger partial charge < -0.3 is 15.4 Å². The van der Waals surface area contributed by atoms with Crippen LogP contribution in [0.2, 0.25) is 0 Å². The largest absolute Gasteiger partial charge is 0.383 e. The molecule has 0 heterocycles. The molecule has 0 aliphatic carbocycles. The van der Waals surface area contributed by atoms with Gasteiger partial charge in [0.05, 0.1) is 18.3 Å². The Labute approximate surface area is 112 Å². The fraction of sp³-hybridized carbons (Fsp3) is 0.462. The number of benzene rings is 1. The minimum Gasteiger partial charge on any atom is -0.383 e. The lowest BCUT2D eigenvalue weighted by atomic mass is 10.3. The van der Waals surface area contributed by atoms with Crippen LogP contribution in [0.3, 0.4) is 0 Å². The lowest BCUT2D eigenvalue weighted by Crippen LogP contribution is -2.38. The molecule has 0 saturated heterocycles. The summed E-state index contributed by atoms with van der Waals surface area (Å²) < 4.78 is 4.97. The molecule has 0 aromatic heterocycles. The van der Waals surface area contributed by atoms with E-state index in [1.54, 1.807) is 18.9 Å². The van der Waals surface area contributed by atoms with Crippen molar-refractivity contribution in [3.8, 4) is 0 Å². The first kappa shape index (κ1) is 14.9. The standard InChI is InChI=1S/C13H20N2O2S/c1-4-18-12-8-6-5-7-11(12)15-13(16)14-10(2)9-17-3/h5-8,10H,4,9H2,1-3H3,(H2,14,15,16). The molecule has 1 unspecified atom stereocenters. The second-order valence-corrected chi connectivity index (χ2v) is 5.19. The average molecular weight is 268 g/mol. The van der Waals surface area contributed by atoms with Crippen molar-refractivity contribution in [3.05, 3.63) is 24.3 Å². The molecule has 1 atom stereocenters. The first-order valence-electron chi connectivity index (χ1n) is 5.95. The second-order valence-electron chi connectivity index (χ2n) is 3.88. The van der Waals surface area contributed by atoms with Gasteiger partial charge in [-0.3, -0.25) is 0 Å². The Bertz CT molecular complexity index is 385. The van der Waals surface area contributed by atoms with Crippen LogP contribution in [0.5, 0.6) is 0 Å². The van der Waals surface area contributed by atoms with E-state index in [4.69, 9.17) is 4.74 Å². The van der Waals surface area contributed by atoms with E-state index in [0.29, 0.717) is 6.61 Å². The van der Waals surface area contributed by atoms with Gasteiger partial charge in [-0.15, -0.1) is 11.8 Å². The highest BCUT2D eigenvalue weighted by Gasteiger charge is 2.09. The third-order valence-corrected chi connectivity index (χ3v) is 3.18. The number of para-hydroxylation sites is 1. The van der Waals surface area contributed by atoms with E-state index in [-0.39, 0.29) is 12.1 Å². The molecule has 4 nitrogen and oxygen atoms in total. The van der Waals surface area contributed by atoms with Crippen LogP contribution in [0.1, 0.15) is 13.8 Å². The van der Waals surface area contributed by atoms with Crippen molar-refractivity contribution in [2.45, 2.75) is 24.8 Å². The van der Waals surface area contributed by atoms with Gasteiger partial charge in [0.25, 0.3) is 0 Å². The van der Waals surface area contributed by atoms with Crippen LogP contribution in [0.4, 0.5) is 10.5 Å². The maximum Gasteiger partial charge on any atom is 0.319 e.